The molecule has 0 aliphatic carbocycles. The summed E-state index contributed by atoms with van der Waals surface area (Å²) in [5.74, 6) is -1.11. The fourth-order valence-electron chi connectivity index (χ4n) is 8.71. The molecule has 3 amide bonds. The number of nitrogen functional groups attached to an aromatic ring is 2. The number of nitrogens with one attached hydrogen (secondary N) is 3. The summed E-state index contributed by atoms with van der Waals surface area (Å²) in [5, 5.41) is 9.34. The third-order valence-electron chi connectivity index (χ3n) is 12.3. The van der Waals surface area contributed by atoms with Crippen LogP contribution in [0.5, 0.6) is 0 Å². The number of benzene rings is 4. The van der Waals surface area contributed by atoms with Crippen molar-refractivity contribution in [2.45, 2.75) is 50.1 Å². The third kappa shape index (κ3) is 11.7. The van der Waals surface area contributed by atoms with Gasteiger partial charge >= 0.3 is 12.4 Å². The number of anilines is 4. The van der Waals surface area contributed by atoms with E-state index in [9.17, 15) is 40.7 Å². The molecule has 11 N–H and O–H groups in total. The lowest BCUT2D eigenvalue weighted by molar-refractivity contribution is -0.138. The third-order valence-corrected chi connectivity index (χ3v) is 12.3. The number of halogens is 6. The maximum atomic E-state index is 14.1. The van der Waals surface area contributed by atoms with Gasteiger partial charge in [-0.3, -0.25) is 14.4 Å². The van der Waals surface area contributed by atoms with Crippen LogP contribution < -0.4 is 38.9 Å². The van der Waals surface area contributed by atoms with E-state index < -0.39 is 47.4 Å². The Balaban J connectivity index is 1.05. The molecule has 4 aromatic rings. The molecule has 3 aliphatic rings. The molecule has 3 aliphatic heterocycles. The first-order valence-electron chi connectivity index (χ1n) is 22.0. The second-order valence-electron chi connectivity index (χ2n) is 17.0. The van der Waals surface area contributed by atoms with E-state index in [1.54, 1.807) is 63.2 Å². The minimum Gasteiger partial charge on any atom is -0.399 e. The molecule has 0 spiro atoms. The molecule has 0 unspecified atom stereocenters. The Kier molecular flexibility index (Phi) is 14.8. The number of hydrogen-bond donors (Lipinski definition) is 7. The van der Waals surface area contributed by atoms with Crippen LogP contribution in [0.25, 0.3) is 0 Å². The maximum Gasteiger partial charge on any atom is 0.416 e. The van der Waals surface area contributed by atoms with Crippen molar-refractivity contribution in [1.29, 1.82) is 0 Å². The van der Waals surface area contributed by atoms with Crippen LogP contribution in [-0.4, -0.2) is 84.8 Å². The molecule has 0 bridgehead atoms. The van der Waals surface area contributed by atoms with E-state index in [0.29, 0.717) is 72.7 Å². The molecule has 1 fully saturated rings. The van der Waals surface area contributed by atoms with E-state index >= 15 is 0 Å². The van der Waals surface area contributed by atoms with Crippen molar-refractivity contribution in [3.05, 3.63) is 142 Å². The van der Waals surface area contributed by atoms with Gasteiger partial charge < -0.3 is 53.6 Å². The Morgan fingerprint density at radius 1 is 0.657 bits per heavy atom. The molecular formula is C48H54F6N10O3. The smallest absolute Gasteiger partial charge is 0.399 e. The Bertz CT molecular complexity index is 2330. The zero-order valence-corrected chi connectivity index (χ0v) is 36.6. The zero-order chi connectivity index (χ0) is 48.0. The Labute approximate surface area is 384 Å². The highest BCUT2D eigenvalue weighted by Crippen LogP contribution is 2.36. The first-order valence-corrected chi connectivity index (χ1v) is 22.0. The Hall–Kier alpha value is -6.57. The summed E-state index contributed by atoms with van der Waals surface area (Å²) < 4.78 is 81.8. The largest absolute Gasteiger partial charge is 0.416 e. The first-order chi connectivity index (χ1) is 31.9. The molecule has 4 aromatic carbocycles. The summed E-state index contributed by atoms with van der Waals surface area (Å²) in [5.41, 5.74) is 26.9. The summed E-state index contributed by atoms with van der Waals surface area (Å²) >= 11 is 0. The van der Waals surface area contributed by atoms with E-state index in [-0.39, 0.29) is 73.6 Å². The van der Waals surface area contributed by atoms with Crippen molar-refractivity contribution in [2.75, 3.05) is 74.5 Å². The molecule has 0 saturated carbocycles. The molecule has 3 heterocycles. The predicted molar refractivity (Wildman–Crippen MR) is 244 cm³/mol. The van der Waals surface area contributed by atoms with Gasteiger partial charge in [-0.05, 0) is 111 Å². The van der Waals surface area contributed by atoms with Crippen LogP contribution in [0, 0.1) is 5.92 Å². The second-order valence-corrected chi connectivity index (χ2v) is 17.0. The van der Waals surface area contributed by atoms with Crippen LogP contribution in [0.1, 0.15) is 60.0 Å². The highest BCUT2D eigenvalue weighted by Gasteiger charge is 2.38. The average Bonchev–Trinajstić information content (AvgIpc) is 3.78. The minimum atomic E-state index is -4.59. The van der Waals surface area contributed by atoms with Gasteiger partial charge in [0, 0.05) is 66.2 Å². The summed E-state index contributed by atoms with van der Waals surface area (Å²) in [6.45, 7) is 2.27. The van der Waals surface area contributed by atoms with Gasteiger partial charge in [0.1, 0.15) is 0 Å². The first kappa shape index (κ1) is 48.4. The predicted octanol–water partition coefficient (Wildman–Crippen LogP) is 6.61. The highest BCUT2D eigenvalue weighted by molar-refractivity contribution is 6.00. The number of alkyl halides is 6. The Morgan fingerprint density at radius 2 is 1.06 bits per heavy atom. The molecule has 356 valence electrons. The number of amides is 3. The van der Waals surface area contributed by atoms with Gasteiger partial charge in [-0.2, -0.15) is 26.3 Å². The van der Waals surface area contributed by atoms with E-state index in [1.165, 1.54) is 24.3 Å². The SMILES string of the molecule is Nc1ccc([C@@H](N)C2=C(Nc3cccc(C(F)(F)F)c3)CN(CCCN(CCCN3CC(Nc4cccc(C(F)(F)F)c4)=C([C@H](N)c4ccc(N)cc4)C3=O)C(=O)C3CCNCC3)C2=O)cc1. The van der Waals surface area contributed by atoms with Crippen LogP contribution in [0.15, 0.2) is 120 Å². The summed E-state index contributed by atoms with van der Waals surface area (Å²) in [6, 6.07) is 20.8. The number of hydrogen-bond acceptors (Lipinski definition) is 10. The van der Waals surface area contributed by atoms with E-state index in [4.69, 9.17) is 22.9 Å². The van der Waals surface area contributed by atoms with Crippen molar-refractivity contribution in [1.82, 2.24) is 20.0 Å². The lowest BCUT2D eigenvalue weighted by Crippen LogP contribution is -2.43. The lowest BCUT2D eigenvalue weighted by Gasteiger charge is -2.31. The average molecular weight is 933 g/mol. The zero-order valence-electron chi connectivity index (χ0n) is 36.6. The normalized spacial score (nSPS) is 17.1. The van der Waals surface area contributed by atoms with Crippen molar-refractivity contribution in [2.24, 2.45) is 17.4 Å². The maximum absolute atomic E-state index is 14.1. The number of carbonyl (C=O) groups excluding carboxylic acids is 3. The number of nitrogens with two attached hydrogens (primary N) is 4. The van der Waals surface area contributed by atoms with Crippen LogP contribution in [-0.2, 0) is 26.7 Å². The quantitative estimate of drug-likeness (QED) is 0.0446. The number of rotatable bonds is 17. The number of carbonyl (C=O) groups is 3. The summed E-state index contributed by atoms with van der Waals surface area (Å²) in [4.78, 5) is 47.3. The van der Waals surface area contributed by atoms with Gasteiger partial charge in [0.15, 0.2) is 0 Å². The van der Waals surface area contributed by atoms with Gasteiger partial charge in [0.05, 0.1) is 47.4 Å². The standard InChI is InChI=1S/C48H54F6N10O3/c49-47(50,51)32-5-1-7-36(25-32)60-38-27-63(45(66)40(38)42(57)29-9-13-34(55)14-10-29)23-3-21-62(44(65)31-17-19-59-20-18-31)22-4-24-64-28-39(61-37-8-2-6-33(26-37)48(52,53)54)41(46(64)67)43(58)30-11-15-35(56)16-12-30/h1-2,5-16,25-26,31,42-43,59-61H,3-4,17-24,27-28,55-58H2/t42-,43-/m1/s1. The fraction of sp³-hybridized carbons (Fsp3) is 0.354. The van der Waals surface area contributed by atoms with E-state index in [0.717, 1.165) is 24.3 Å². The molecule has 0 aromatic heterocycles. The van der Waals surface area contributed by atoms with Crippen LogP contribution >= 0.6 is 0 Å². The monoisotopic (exact) mass is 932 g/mol. The molecular weight excluding hydrogens is 879 g/mol. The van der Waals surface area contributed by atoms with Gasteiger partial charge in [-0.15, -0.1) is 0 Å². The van der Waals surface area contributed by atoms with Crippen LogP contribution in [0.3, 0.4) is 0 Å². The lowest BCUT2D eigenvalue weighted by atomic mass is 9.96. The fourth-order valence-corrected chi connectivity index (χ4v) is 8.71. The van der Waals surface area contributed by atoms with Crippen molar-refractivity contribution in [3.8, 4) is 0 Å². The molecule has 67 heavy (non-hydrogen) atoms. The highest BCUT2D eigenvalue weighted by atomic mass is 19.4. The molecule has 7 rings (SSSR count). The van der Waals surface area contributed by atoms with Gasteiger partial charge in [-0.25, -0.2) is 0 Å². The summed E-state index contributed by atoms with van der Waals surface area (Å²) in [7, 11) is 0. The minimum absolute atomic E-state index is 0.0249. The molecule has 19 heteroatoms. The molecule has 2 atom stereocenters. The van der Waals surface area contributed by atoms with E-state index in [1.807, 2.05) is 0 Å². The van der Waals surface area contributed by atoms with Crippen LogP contribution in [0.4, 0.5) is 49.1 Å². The van der Waals surface area contributed by atoms with Crippen LogP contribution in [0.2, 0.25) is 0 Å². The number of piperidine rings is 1. The van der Waals surface area contributed by atoms with Gasteiger partial charge in [0.2, 0.25) is 5.91 Å². The second kappa shape index (κ2) is 20.5. The van der Waals surface area contributed by atoms with Crippen molar-refractivity contribution >= 4 is 40.5 Å². The van der Waals surface area contributed by atoms with Crippen molar-refractivity contribution in [3.63, 3.8) is 0 Å². The van der Waals surface area contributed by atoms with Crippen molar-refractivity contribution < 1.29 is 40.7 Å². The molecule has 13 nitrogen and oxygen atoms in total. The van der Waals surface area contributed by atoms with Gasteiger partial charge in [-0.1, -0.05) is 36.4 Å². The molecule has 0 radical (unpaired) electrons. The van der Waals surface area contributed by atoms with E-state index in [2.05, 4.69) is 16.0 Å². The summed E-state index contributed by atoms with van der Waals surface area (Å²) in [6.07, 6.45) is -7.22. The topological polar surface area (TPSA) is 201 Å². The number of nitrogens with zero attached hydrogens (tertiary/aromatic N) is 3. The van der Waals surface area contributed by atoms with Gasteiger partial charge in [0.25, 0.3) is 11.8 Å². The Morgan fingerprint density at radius 3 is 1.45 bits per heavy atom. The molecule has 1 saturated heterocycles.